The molecule has 0 fully saturated rings. The number of hydrogen-bond donors (Lipinski definition) is 2. The summed E-state index contributed by atoms with van der Waals surface area (Å²) in [6.45, 7) is 7.23. The number of hydrogen-bond acceptors (Lipinski definition) is 3. The maximum Gasteiger partial charge on any atom is 0.223 e. The number of rotatable bonds is 6. The summed E-state index contributed by atoms with van der Waals surface area (Å²) < 4.78 is 2.47. The number of aromatic amines is 1. The third-order valence-electron chi connectivity index (χ3n) is 2.93. The summed E-state index contributed by atoms with van der Waals surface area (Å²) in [5.74, 6) is 0.954. The van der Waals surface area contributed by atoms with Crippen molar-refractivity contribution in [2.45, 2.75) is 46.7 Å². The summed E-state index contributed by atoms with van der Waals surface area (Å²) >= 11 is 5.08. The van der Waals surface area contributed by atoms with E-state index < -0.39 is 0 Å². The number of aromatic nitrogens is 3. The molecule has 6 heteroatoms. The first-order valence-corrected chi connectivity index (χ1v) is 6.46. The van der Waals surface area contributed by atoms with Gasteiger partial charge in [0.1, 0.15) is 0 Å². The van der Waals surface area contributed by atoms with Crippen molar-refractivity contribution in [3.63, 3.8) is 0 Å². The molecular formula is C11H20N4OS. The summed E-state index contributed by atoms with van der Waals surface area (Å²) in [4.78, 5) is 11.8. The molecule has 0 aliphatic heterocycles. The Morgan fingerprint density at radius 3 is 2.65 bits per heavy atom. The van der Waals surface area contributed by atoms with Crippen molar-refractivity contribution in [3.05, 3.63) is 10.6 Å². The maximum absolute atomic E-state index is 11.8. The molecule has 1 aromatic rings. The minimum Gasteiger partial charge on any atom is -0.349 e. The van der Waals surface area contributed by atoms with Crippen LogP contribution in [-0.4, -0.2) is 20.7 Å². The predicted octanol–water partition coefficient (Wildman–Crippen LogP) is 2.01. The number of nitrogens with zero attached hydrogens (tertiary/aromatic N) is 2. The lowest BCUT2D eigenvalue weighted by Crippen LogP contribution is -2.30. The van der Waals surface area contributed by atoms with E-state index >= 15 is 0 Å². The van der Waals surface area contributed by atoms with E-state index in [9.17, 15) is 4.79 Å². The van der Waals surface area contributed by atoms with Crippen LogP contribution in [0.1, 0.15) is 39.4 Å². The zero-order chi connectivity index (χ0) is 12.8. The van der Waals surface area contributed by atoms with Gasteiger partial charge < -0.3 is 9.88 Å². The van der Waals surface area contributed by atoms with Crippen molar-refractivity contribution in [1.29, 1.82) is 0 Å². The Labute approximate surface area is 107 Å². The van der Waals surface area contributed by atoms with Crippen LogP contribution in [0.2, 0.25) is 0 Å². The van der Waals surface area contributed by atoms with Gasteiger partial charge in [0.25, 0.3) is 0 Å². The molecule has 1 amide bonds. The average Bonchev–Trinajstić information content (AvgIpc) is 2.68. The predicted molar refractivity (Wildman–Crippen MR) is 69.0 cm³/mol. The summed E-state index contributed by atoms with van der Waals surface area (Å²) in [5.41, 5.74) is 0. The van der Waals surface area contributed by atoms with Crippen molar-refractivity contribution in [3.8, 4) is 0 Å². The van der Waals surface area contributed by atoms with Gasteiger partial charge in [-0.15, -0.1) is 0 Å². The fourth-order valence-corrected chi connectivity index (χ4v) is 2.06. The van der Waals surface area contributed by atoms with Crippen LogP contribution in [0.15, 0.2) is 0 Å². The third-order valence-corrected chi connectivity index (χ3v) is 3.24. The monoisotopic (exact) mass is 256 g/mol. The fourth-order valence-electron chi connectivity index (χ4n) is 1.78. The highest BCUT2D eigenvalue weighted by Crippen LogP contribution is 2.07. The Balaban J connectivity index is 2.61. The average molecular weight is 256 g/mol. The van der Waals surface area contributed by atoms with Gasteiger partial charge in [0, 0.05) is 12.5 Å². The fraction of sp³-hybridized carbons (Fsp3) is 0.727. The van der Waals surface area contributed by atoms with Crippen LogP contribution in [0.3, 0.4) is 0 Å². The van der Waals surface area contributed by atoms with E-state index in [0.717, 1.165) is 25.2 Å². The van der Waals surface area contributed by atoms with E-state index in [1.165, 1.54) is 0 Å². The summed E-state index contributed by atoms with van der Waals surface area (Å²) in [6, 6.07) is 0. The molecule has 1 heterocycles. The lowest BCUT2D eigenvalue weighted by Gasteiger charge is -2.12. The molecule has 0 spiro atoms. The van der Waals surface area contributed by atoms with Crippen molar-refractivity contribution < 1.29 is 4.79 Å². The van der Waals surface area contributed by atoms with Gasteiger partial charge in [-0.05, 0) is 32.0 Å². The van der Waals surface area contributed by atoms with Gasteiger partial charge in [-0.2, -0.15) is 5.10 Å². The molecule has 96 valence electrons. The number of nitrogens with one attached hydrogen (secondary N) is 2. The number of amides is 1. The molecule has 2 N–H and O–H groups in total. The largest absolute Gasteiger partial charge is 0.349 e. The SMILES string of the molecule is CCC(CC)C(=O)NCc1n[nH]c(=S)n1CC. The van der Waals surface area contributed by atoms with Crippen LogP contribution in [0.25, 0.3) is 0 Å². The molecular weight excluding hydrogens is 236 g/mol. The highest BCUT2D eigenvalue weighted by atomic mass is 32.1. The van der Waals surface area contributed by atoms with Gasteiger partial charge in [-0.1, -0.05) is 13.8 Å². The minimum atomic E-state index is 0.0894. The molecule has 0 saturated heterocycles. The standard InChI is InChI=1S/C11H20N4OS/c1-4-8(5-2)10(16)12-7-9-13-14-11(17)15(9)6-3/h8H,4-7H2,1-3H3,(H,12,16)(H,14,17). The van der Waals surface area contributed by atoms with Gasteiger partial charge in [-0.3, -0.25) is 9.89 Å². The second-order valence-electron chi connectivity index (χ2n) is 3.92. The van der Waals surface area contributed by atoms with Crippen molar-refractivity contribution in [2.75, 3.05) is 0 Å². The zero-order valence-corrected chi connectivity index (χ0v) is 11.4. The Kier molecular flexibility index (Phi) is 5.34. The molecule has 1 aromatic heterocycles. The highest BCUT2D eigenvalue weighted by Gasteiger charge is 2.14. The van der Waals surface area contributed by atoms with Crippen LogP contribution in [0, 0.1) is 10.7 Å². The van der Waals surface area contributed by atoms with Crippen LogP contribution in [-0.2, 0) is 17.9 Å². The molecule has 17 heavy (non-hydrogen) atoms. The van der Waals surface area contributed by atoms with E-state index in [1.54, 1.807) is 0 Å². The van der Waals surface area contributed by atoms with Gasteiger partial charge in [0.15, 0.2) is 10.6 Å². The molecule has 0 atom stereocenters. The second-order valence-corrected chi connectivity index (χ2v) is 4.31. The molecule has 0 aliphatic carbocycles. The number of H-pyrrole nitrogens is 1. The molecule has 0 saturated carbocycles. The zero-order valence-electron chi connectivity index (χ0n) is 10.6. The Morgan fingerprint density at radius 2 is 2.12 bits per heavy atom. The lowest BCUT2D eigenvalue weighted by molar-refractivity contribution is -0.125. The quantitative estimate of drug-likeness (QED) is 0.765. The molecule has 5 nitrogen and oxygen atoms in total. The van der Waals surface area contributed by atoms with Crippen LogP contribution >= 0.6 is 12.2 Å². The number of carbonyl (C=O) groups is 1. The third kappa shape index (κ3) is 3.39. The van der Waals surface area contributed by atoms with E-state index in [0.29, 0.717) is 11.3 Å². The number of carbonyl (C=O) groups excluding carboxylic acids is 1. The van der Waals surface area contributed by atoms with Gasteiger partial charge in [-0.25, -0.2) is 0 Å². The van der Waals surface area contributed by atoms with E-state index in [-0.39, 0.29) is 11.8 Å². The van der Waals surface area contributed by atoms with Crippen LogP contribution < -0.4 is 5.32 Å². The minimum absolute atomic E-state index is 0.0894. The maximum atomic E-state index is 11.8. The molecule has 0 bridgehead atoms. The molecule has 1 rings (SSSR count). The van der Waals surface area contributed by atoms with Gasteiger partial charge in [0.2, 0.25) is 5.91 Å². The Bertz CT molecular complexity index is 419. The van der Waals surface area contributed by atoms with E-state index in [1.807, 2.05) is 25.3 Å². The normalized spacial score (nSPS) is 10.8. The van der Waals surface area contributed by atoms with Crippen LogP contribution in [0.5, 0.6) is 0 Å². The van der Waals surface area contributed by atoms with Crippen LogP contribution in [0.4, 0.5) is 0 Å². The first-order valence-electron chi connectivity index (χ1n) is 6.05. The van der Waals surface area contributed by atoms with E-state index in [2.05, 4.69) is 15.5 Å². The highest BCUT2D eigenvalue weighted by molar-refractivity contribution is 7.71. The van der Waals surface area contributed by atoms with E-state index in [4.69, 9.17) is 12.2 Å². The lowest BCUT2D eigenvalue weighted by atomic mass is 10.0. The second kappa shape index (κ2) is 6.54. The molecule has 0 aliphatic rings. The topological polar surface area (TPSA) is 62.7 Å². The molecule has 0 unspecified atom stereocenters. The molecule has 0 aromatic carbocycles. The first kappa shape index (κ1) is 13.9. The summed E-state index contributed by atoms with van der Waals surface area (Å²) in [7, 11) is 0. The van der Waals surface area contributed by atoms with Crippen molar-refractivity contribution >= 4 is 18.1 Å². The van der Waals surface area contributed by atoms with Crippen molar-refractivity contribution in [1.82, 2.24) is 20.1 Å². The summed E-state index contributed by atoms with van der Waals surface area (Å²) in [6.07, 6.45) is 1.73. The Hall–Kier alpha value is -1.17. The molecule has 0 radical (unpaired) electrons. The van der Waals surface area contributed by atoms with Gasteiger partial charge in [0.05, 0.1) is 6.54 Å². The summed E-state index contributed by atoms with van der Waals surface area (Å²) in [5, 5.41) is 9.73. The first-order chi connectivity index (χ1) is 8.13. The van der Waals surface area contributed by atoms with Crippen molar-refractivity contribution in [2.24, 2.45) is 5.92 Å². The smallest absolute Gasteiger partial charge is 0.223 e. The van der Waals surface area contributed by atoms with Gasteiger partial charge >= 0.3 is 0 Å². The Morgan fingerprint density at radius 1 is 1.47 bits per heavy atom.